The van der Waals surface area contributed by atoms with Crippen molar-refractivity contribution in [2.24, 2.45) is 0 Å². The van der Waals surface area contributed by atoms with E-state index in [0.29, 0.717) is 11.6 Å². The number of benzene rings is 3. The molecule has 30 heavy (non-hydrogen) atoms. The highest BCUT2D eigenvalue weighted by molar-refractivity contribution is 7.92. The topological polar surface area (TPSA) is 175 Å². The van der Waals surface area contributed by atoms with E-state index in [1.54, 1.807) is 6.07 Å². The third kappa shape index (κ3) is 4.24. The second-order valence-corrected chi connectivity index (χ2v) is 10.8. The monoisotopic (exact) mass is 473 g/mol. The number of hydrogen-bond donors (Lipinski definition) is 4. The van der Waals surface area contributed by atoms with Crippen molar-refractivity contribution < 1.29 is 39.5 Å². The van der Waals surface area contributed by atoms with Crippen LogP contribution in [0.5, 0.6) is 5.75 Å². The summed E-state index contributed by atoms with van der Waals surface area (Å²) in [6, 6.07) is 9.04. The van der Waals surface area contributed by atoms with Crippen molar-refractivity contribution in [3.8, 4) is 5.75 Å². The van der Waals surface area contributed by atoms with Gasteiger partial charge in [0.05, 0.1) is 20.4 Å². The number of rotatable bonds is 5. The van der Waals surface area contributed by atoms with Crippen molar-refractivity contribution in [1.29, 1.82) is 0 Å². The van der Waals surface area contributed by atoms with Crippen LogP contribution in [0.25, 0.3) is 10.8 Å². The molecular formula is C17H15NO9S3. The van der Waals surface area contributed by atoms with Crippen molar-refractivity contribution in [2.45, 2.75) is 21.6 Å². The molecule has 0 heterocycles. The summed E-state index contributed by atoms with van der Waals surface area (Å²) in [5, 5.41) is 9.78. The molecular weight excluding hydrogens is 458 g/mol. The number of nitrogens with one attached hydrogen (secondary N) is 1. The smallest absolute Gasteiger partial charge is 0.294 e. The molecule has 0 bridgehead atoms. The lowest BCUT2D eigenvalue weighted by Gasteiger charge is -2.15. The molecule has 0 saturated carbocycles. The molecule has 0 radical (unpaired) electrons. The van der Waals surface area contributed by atoms with Crippen LogP contribution in [0.4, 0.5) is 5.69 Å². The maximum atomic E-state index is 12.8. The molecule has 0 aromatic heterocycles. The Kier molecular flexibility index (Phi) is 5.28. The van der Waals surface area contributed by atoms with Crippen LogP contribution < -0.4 is 4.72 Å². The van der Waals surface area contributed by atoms with Gasteiger partial charge in [-0.3, -0.25) is 13.8 Å². The zero-order chi connectivity index (χ0) is 22.5. The summed E-state index contributed by atoms with van der Waals surface area (Å²) < 4.78 is 92.5. The standard InChI is InChI=1S/C17H15NO9S3/c1-10-4-2-3-5-16(10)28(20,21)18-14-8-12(29(22,23)24)6-11-7-13(30(25,26)27)9-15(19)17(11)14/h2-9,18-19H,1H3,(H,22,23,24)(H,25,26,27). The van der Waals surface area contributed by atoms with Gasteiger partial charge in [-0.05, 0) is 42.1 Å². The summed E-state index contributed by atoms with van der Waals surface area (Å²) in [6.07, 6.45) is 0. The summed E-state index contributed by atoms with van der Waals surface area (Å²) >= 11 is 0. The van der Waals surface area contributed by atoms with Crippen LogP contribution in [0.1, 0.15) is 5.56 Å². The molecule has 0 unspecified atom stereocenters. The van der Waals surface area contributed by atoms with E-state index in [0.717, 1.165) is 18.2 Å². The Hall–Kier alpha value is -2.71. The molecule has 3 rings (SSSR count). The second kappa shape index (κ2) is 7.21. The SMILES string of the molecule is Cc1ccccc1S(=O)(=O)Nc1cc(S(=O)(=O)O)cc2cc(S(=O)(=O)O)cc(O)c12. The number of anilines is 1. The molecule has 0 aliphatic heterocycles. The highest BCUT2D eigenvalue weighted by Crippen LogP contribution is 2.37. The molecule has 0 aliphatic carbocycles. The summed E-state index contributed by atoms with van der Waals surface area (Å²) in [4.78, 5) is -1.64. The minimum atomic E-state index is -4.83. The van der Waals surface area contributed by atoms with Gasteiger partial charge in [-0.15, -0.1) is 0 Å². The Balaban J connectivity index is 2.34. The highest BCUT2D eigenvalue weighted by atomic mass is 32.2. The molecule has 13 heteroatoms. The lowest BCUT2D eigenvalue weighted by Crippen LogP contribution is -2.15. The number of fused-ring (bicyclic) bond motifs is 1. The Morgan fingerprint density at radius 3 is 1.87 bits per heavy atom. The Morgan fingerprint density at radius 2 is 1.33 bits per heavy atom. The molecule has 10 nitrogen and oxygen atoms in total. The lowest BCUT2D eigenvalue weighted by molar-refractivity contribution is 0.471. The van der Waals surface area contributed by atoms with E-state index in [1.807, 2.05) is 0 Å². The predicted molar refractivity (Wildman–Crippen MR) is 107 cm³/mol. The van der Waals surface area contributed by atoms with Crippen molar-refractivity contribution >= 4 is 46.7 Å². The highest BCUT2D eigenvalue weighted by Gasteiger charge is 2.23. The third-order valence-corrected chi connectivity index (χ3v) is 7.39. The van der Waals surface area contributed by atoms with E-state index in [-0.39, 0.29) is 15.7 Å². The fourth-order valence-corrected chi connectivity index (χ4v) is 5.26. The summed E-state index contributed by atoms with van der Waals surface area (Å²) in [6.45, 7) is 1.54. The van der Waals surface area contributed by atoms with E-state index in [4.69, 9.17) is 0 Å². The number of aryl methyl sites for hydroxylation is 1. The van der Waals surface area contributed by atoms with Crippen LogP contribution in [-0.2, 0) is 30.3 Å². The number of hydrogen-bond acceptors (Lipinski definition) is 7. The van der Waals surface area contributed by atoms with E-state index in [2.05, 4.69) is 4.72 Å². The lowest BCUT2D eigenvalue weighted by atomic mass is 10.1. The first-order valence-corrected chi connectivity index (χ1v) is 12.4. The fraction of sp³-hybridized carbons (Fsp3) is 0.0588. The molecule has 0 atom stereocenters. The van der Waals surface area contributed by atoms with Gasteiger partial charge in [0.15, 0.2) is 0 Å². The van der Waals surface area contributed by atoms with E-state index in [1.165, 1.54) is 25.1 Å². The molecule has 0 aliphatic rings. The van der Waals surface area contributed by atoms with E-state index < -0.39 is 51.5 Å². The summed E-state index contributed by atoms with van der Waals surface area (Å²) in [5.41, 5.74) is -0.0408. The molecule has 0 saturated heterocycles. The summed E-state index contributed by atoms with van der Waals surface area (Å²) in [5.74, 6) is -0.746. The van der Waals surface area contributed by atoms with Crippen molar-refractivity contribution in [1.82, 2.24) is 0 Å². The molecule has 4 N–H and O–H groups in total. The van der Waals surface area contributed by atoms with Gasteiger partial charge in [-0.25, -0.2) is 8.42 Å². The van der Waals surface area contributed by atoms with E-state index >= 15 is 0 Å². The normalized spacial score (nSPS) is 12.8. The van der Waals surface area contributed by atoms with Crippen LogP contribution in [0.3, 0.4) is 0 Å². The average Bonchev–Trinajstić information content (AvgIpc) is 2.59. The first-order chi connectivity index (χ1) is 13.7. The average molecular weight is 474 g/mol. The maximum Gasteiger partial charge on any atom is 0.294 e. The molecule has 3 aromatic rings. The molecule has 3 aromatic carbocycles. The quantitative estimate of drug-likeness (QED) is 0.404. The number of phenolic OH excluding ortho intramolecular Hbond substituents is 1. The predicted octanol–water partition coefficient (Wildman–Crippen LogP) is 2.15. The van der Waals surface area contributed by atoms with Crippen molar-refractivity contribution in [3.63, 3.8) is 0 Å². The van der Waals surface area contributed by atoms with Gasteiger partial charge in [0.1, 0.15) is 5.75 Å². The van der Waals surface area contributed by atoms with Gasteiger partial charge in [0, 0.05) is 11.5 Å². The minimum absolute atomic E-state index is 0.121. The number of phenols is 1. The molecule has 0 spiro atoms. The van der Waals surface area contributed by atoms with Crippen LogP contribution in [0.15, 0.2) is 63.2 Å². The first kappa shape index (κ1) is 22.0. The first-order valence-electron chi connectivity index (χ1n) is 8.04. The largest absolute Gasteiger partial charge is 0.507 e. The fourth-order valence-electron chi connectivity index (χ4n) is 2.87. The second-order valence-electron chi connectivity index (χ2n) is 6.33. The third-order valence-electron chi connectivity index (χ3n) is 4.20. The van der Waals surface area contributed by atoms with Gasteiger partial charge in [0.25, 0.3) is 30.3 Å². The minimum Gasteiger partial charge on any atom is -0.507 e. The molecule has 0 fully saturated rings. The van der Waals surface area contributed by atoms with Gasteiger partial charge in [0.2, 0.25) is 0 Å². The Labute approximate surface area is 172 Å². The zero-order valence-corrected chi connectivity index (χ0v) is 17.6. The maximum absolute atomic E-state index is 12.8. The van der Waals surface area contributed by atoms with Gasteiger partial charge in [-0.1, -0.05) is 18.2 Å². The Bertz CT molecular complexity index is 1490. The molecule has 160 valence electrons. The molecule has 0 amide bonds. The number of aromatic hydroxyl groups is 1. The van der Waals surface area contributed by atoms with Gasteiger partial charge < -0.3 is 5.11 Å². The van der Waals surface area contributed by atoms with Gasteiger partial charge in [-0.2, -0.15) is 16.8 Å². The van der Waals surface area contributed by atoms with E-state index in [9.17, 15) is 39.5 Å². The zero-order valence-electron chi connectivity index (χ0n) is 15.1. The van der Waals surface area contributed by atoms with Crippen LogP contribution in [0.2, 0.25) is 0 Å². The van der Waals surface area contributed by atoms with Crippen molar-refractivity contribution in [2.75, 3.05) is 4.72 Å². The summed E-state index contributed by atoms with van der Waals surface area (Å²) in [7, 11) is -13.9. The number of sulfonamides is 1. The van der Waals surface area contributed by atoms with Gasteiger partial charge >= 0.3 is 0 Å². The van der Waals surface area contributed by atoms with Crippen LogP contribution in [0, 0.1) is 6.92 Å². The van der Waals surface area contributed by atoms with Crippen molar-refractivity contribution in [3.05, 3.63) is 54.1 Å². The van der Waals surface area contributed by atoms with Crippen LogP contribution in [-0.4, -0.2) is 39.5 Å². The van der Waals surface area contributed by atoms with Crippen LogP contribution >= 0.6 is 0 Å². The Morgan fingerprint density at radius 1 is 0.800 bits per heavy atom.